The van der Waals surface area contributed by atoms with Crippen LogP contribution in [-0.2, 0) is 18.3 Å². The molecule has 0 spiro atoms. The highest BCUT2D eigenvalue weighted by Gasteiger charge is 2.23. The molecule has 174 valence electrons. The molecule has 0 fully saturated rings. The lowest BCUT2D eigenvalue weighted by Crippen LogP contribution is -2.35. The Morgan fingerprint density at radius 3 is 2.58 bits per heavy atom. The van der Waals surface area contributed by atoms with Gasteiger partial charge >= 0.3 is 0 Å². The van der Waals surface area contributed by atoms with Crippen molar-refractivity contribution in [2.75, 3.05) is 26.3 Å². The molecule has 1 atom stereocenters. The van der Waals surface area contributed by atoms with Gasteiger partial charge in [0.25, 0.3) is 0 Å². The molecule has 3 rings (SSSR count). The maximum Gasteiger partial charge on any atom is 0.222 e. The van der Waals surface area contributed by atoms with Crippen LogP contribution in [0.5, 0.6) is 11.6 Å². The third-order valence-electron chi connectivity index (χ3n) is 5.05. The number of hydrogen-bond acceptors (Lipinski definition) is 5. The number of ether oxygens (including phenoxy) is 2. The third-order valence-corrected chi connectivity index (χ3v) is 5.05. The zero-order chi connectivity index (χ0) is 23.6. The van der Waals surface area contributed by atoms with Crippen LogP contribution in [0, 0.1) is 18.2 Å². The SMILES string of the molecule is C#CCOC[C@@H](O)CN(CCC)Cc1c(-c2ccccc2)nn(C)c1Oc1ccc(F)cc1. The van der Waals surface area contributed by atoms with Crippen LogP contribution in [0.25, 0.3) is 11.3 Å². The van der Waals surface area contributed by atoms with E-state index in [1.54, 1.807) is 16.8 Å². The standard InChI is InChI=1S/C26H30FN3O3/c1-4-15-30(17-22(31)19-32-16-5-2)18-24-25(20-9-7-6-8-10-20)28-29(3)26(24)33-23-13-11-21(27)12-14-23/h2,6-14,22,31H,4,15-19H2,1,3H3/t22-/m0/s1. The molecule has 1 aromatic heterocycles. The Morgan fingerprint density at radius 2 is 1.91 bits per heavy atom. The van der Waals surface area contributed by atoms with Crippen LogP contribution in [0.4, 0.5) is 4.39 Å². The molecule has 0 unspecified atom stereocenters. The molecule has 3 aromatic rings. The number of nitrogens with zero attached hydrogens (tertiary/aromatic N) is 3. The molecule has 0 bridgehead atoms. The summed E-state index contributed by atoms with van der Waals surface area (Å²) >= 11 is 0. The molecule has 2 aromatic carbocycles. The van der Waals surface area contributed by atoms with Crippen molar-refractivity contribution in [2.24, 2.45) is 7.05 Å². The van der Waals surface area contributed by atoms with Crippen LogP contribution < -0.4 is 4.74 Å². The van der Waals surface area contributed by atoms with E-state index in [1.165, 1.54) is 12.1 Å². The fourth-order valence-corrected chi connectivity index (χ4v) is 3.64. The first-order chi connectivity index (χ1) is 16.0. The van der Waals surface area contributed by atoms with E-state index in [1.807, 2.05) is 37.4 Å². The van der Waals surface area contributed by atoms with E-state index < -0.39 is 6.10 Å². The van der Waals surface area contributed by atoms with Crippen molar-refractivity contribution in [3.63, 3.8) is 0 Å². The van der Waals surface area contributed by atoms with Gasteiger partial charge < -0.3 is 14.6 Å². The largest absolute Gasteiger partial charge is 0.439 e. The number of halogens is 1. The van der Waals surface area contributed by atoms with E-state index in [-0.39, 0.29) is 19.0 Å². The quantitative estimate of drug-likeness (QED) is 0.330. The molecule has 0 saturated carbocycles. The summed E-state index contributed by atoms with van der Waals surface area (Å²) in [6.45, 7) is 4.12. The number of aryl methyl sites for hydroxylation is 1. The lowest BCUT2D eigenvalue weighted by atomic mass is 10.1. The summed E-state index contributed by atoms with van der Waals surface area (Å²) in [4.78, 5) is 2.14. The number of aromatic nitrogens is 2. The third kappa shape index (κ3) is 6.90. The second kappa shape index (κ2) is 12.2. The molecule has 0 amide bonds. The Balaban J connectivity index is 1.92. The zero-order valence-corrected chi connectivity index (χ0v) is 19.1. The Hall–Kier alpha value is -3.18. The Morgan fingerprint density at radius 1 is 1.18 bits per heavy atom. The summed E-state index contributed by atoms with van der Waals surface area (Å²) in [7, 11) is 1.82. The molecule has 7 heteroatoms. The molecule has 0 radical (unpaired) electrons. The van der Waals surface area contributed by atoms with E-state index in [0.717, 1.165) is 29.8 Å². The smallest absolute Gasteiger partial charge is 0.222 e. The predicted molar refractivity (Wildman–Crippen MR) is 126 cm³/mol. The van der Waals surface area contributed by atoms with Crippen molar-refractivity contribution in [3.05, 3.63) is 66.0 Å². The van der Waals surface area contributed by atoms with Gasteiger partial charge in [-0.05, 0) is 37.2 Å². The molecule has 0 aliphatic rings. The average molecular weight is 452 g/mol. The minimum absolute atomic E-state index is 0.168. The van der Waals surface area contributed by atoms with Gasteiger partial charge in [-0.2, -0.15) is 5.10 Å². The predicted octanol–water partition coefficient (Wildman–Crippen LogP) is 4.24. The molecule has 0 aliphatic carbocycles. The van der Waals surface area contributed by atoms with Gasteiger partial charge in [-0.1, -0.05) is 43.2 Å². The topological polar surface area (TPSA) is 59.8 Å². The second-order valence-electron chi connectivity index (χ2n) is 7.79. The first-order valence-electron chi connectivity index (χ1n) is 11.0. The number of aliphatic hydroxyl groups is 1. The Bertz CT molecular complexity index is 1050. The number of aliphatic hydroxyl groups excluding tert-OH is 1. The molecular formula is C26H30FN3O3. The van der Waals surface area contributed by atoms with E-state index in [4.69, 9.17) is 21.0 Å². The van der Waals surface area contributed by atoms with Crippen LogP contribution in [0.1, 0.15) is 18.9 Å². The molecule has 33 heavy (non-hydrogen) atoms. The minimum atomic E-state index is -0.678. The highest BCUT2D eigenvalue weighted by Crippen LogP contribution is 2.34. The van der Waals surface area contributed by atoms with Crippen LogP contribution in [-0.4, -0.2) is 52.2 Å². The van der Waals surface area contributed by atoms with Crippen molar-refractivity contribution in [1.82, 2.24) is 14.7 Å². The number of benzene rings is 2. The average Bonchev–Trinajstić information content (AvgIpc) is 3.11. The van der Waals surface area contributed by atoms with E-state index in [9.17, 15) is 9.50 Å². The monoisotopic (exact) mass is 451 g/mol. The lowest BCUT2D eigenvalue weighted by molar-refractivity contribution is 0.0260. The van der Waals surface area contributed by atoms with Gasteiger partial charge in [0.1, 0.15) is 23.9 Å². The summed E-state index contributed by atoms with van der Waals surface area (Å²) < 4.78 is 26.5. The van der Waals surface area contributed by atoms with Crippen molar-refractivity contribution < 1.29 is 19.0 Å². The highest BCUT2D eigenvalue weighted by atomic mass is 19.1. The molecular weight excluding hydrogens is 421 g/mol. The zero-order valence-electron chi connectivity index (χ0n) is 19.1. The summed E-state index contributed by atoms with van der Waals surface area (Å²) in [5, 5.41) is 15.2. The Kier molecular flexibility index (Phi) is 9.02. The minimum Gasteiger partial charge on any atom is -0.439 e. The van der Waals surface area contributed by atoms with Crippen LogP contribution in [0.15, 0.2) is 54.6 Å². The molecule has 1 N–H and O–H groups in total. The van der Waals surface area contributed by atoms with Gasteiger partial charge in [0.05, 0.1) is 18.3 Å². The number of rotatable bonds is 12. The number of hydrogen-bond donors (Lipinski definition) is 1. The van der Waals surface area contributed by atoms with Gasteiger partial charge in [0.15, 0.2) is 0 Å². The van der Waals surface area contributed by atoms with E-state index in [2.05, 4.69) is 17.7 Å². The van der Waals surface area contributed by atoms with Gasteiger partial charge in [-0.3, -0.25) is 4.90 Å². The second-order valence-corrected chi connectivity index (χ2v) is 7.79. The van der Waals surface area contributed by atoms with Gasteiger partial charge in [0, 0.05) is 25.7 Å². The van der Waals surface area contributed by atoms with Gasteiger partial charge in [-0.15, -0.1) is 6.42 Å². The van der Waals surface area contributed by atoms with Crippen molar-refractivity contribution in [1.29, 1.82) is 0 Å². The maximum absolute atomic E-state index is 13.4. The van der Waals surface area contributed by atoms with Crippen molar-refractivity contribution >= 4 is 0 Å². The van der Waals surface area contributed by atoms with E-state index >= 15 is 0 Å². The first-order valence-corrected chi connectivity index (χ1v) is 11.0. The van der Waals surface area contributed by atoms with Crippen LogP contribution >= 0.6 is 0 Å². The van der Waals surface area contributed by atoms with Gasteiger partial charge in [-0.25, -0.2) is 9.07 Å². The summed E-state index contributed by atoms with van der Waals surface area (Å²) in [6.07, 6.45) is 5.45. The molecule has 6 nitrogen and oxygen atoms in total. The summed E-state index contributed by atoms with van der Waals surface area (Å²) in [5.41, 5.74) is 2.65. The molecule has 0 aliphatic heterocycles. The normalized spacial score (nSPS) is 12.0. The van der Waals surface area contributed by atoms with Crippen LogP contribution in [0.3, 0.4) is 0 Å². The summed E-state index contributed by atoms with van der Waals surface area (Å²) in [6, 6.07) is 15.8. The van der Waals surface area contributed by atoms with E-state index in [0.29, 0.717) is 24.7 Å². The van der Waals surface area contributed by atoms with Gasteiger partial charge in [0.2, 0.25) is 5.88 Å². The fraction of sp³-hybridized carbons (Fsp3) is 0.346. The van der Waals surface area contributed by atoms with Crippen LogP contribution in [0.2, 0.25) is 0 Å². The fourth-order valence-electron chi connectivity index (χ4n) is 3.64. The molecule has 0 saturated heterocycles. The number of terminal acetylenes is 1. The van der Waals surface area contributed by atoms with Crippen molar-refractivity contribution in [3.8, 4) is 35.2 Å². The maximum atomic E-state index is 13.4. The Labute approximate surface area is 194 Å². The summed E-state index contributed by atoms with van der Waals surface area (Å²) in [5.74, 6) is 3.17. The molecule has 1 heterocycles. The highest BCUT2D eigenvalue weighted by molar-refractivity contribution is 5.65. The first kappa shape index (κ1) is 24.5. The lowest BCUT2D eigenvalue weighted by Gasteiger charge is -2.25. The van der Waals surface area contributed by atoms with Crippen molar-refractivity contribution in [2.45, 2.75) is 26.0 Å².